The number of carbonyl (C=O) groups is 4. The van der Waals surface area contributed by atoms with Crippen molar-refractivity contribution in [1.29, 1.82) is 0 Å². The number of piperidine rings is 1. The van der Waals surface area contributed by atoms with E-state index in [-0.39, 0.29) is 23.5 Å². The van der Waals surface area contributed by atoms with Gasteiger partial charge in [-0.2, -0.15) is 0 Å². The maximum atomic E-state index is 14.2. The SMILES string of the molecule is CC(C)(C)OC(=O)N1CCCC1C(=O)Nc1ccc(CN(Cc2ccc(NC(=O)C3CCCN3C(=O)C(c3ccccc3)N3CCCCC3)cc2)c2ccc(F)cc2)cc1. The van der Waals surface area contributed by atoms with Crippen molar-refractivity contribution < 1.29 is 28.3 Å². The summed E-state index contributed by atoms with van der Waals surface area (Å²) in [5, 5.41) is 6.05. The van der Waals surface area contributed by atoms with Crippen molar-refractivity contribution in [2.75, 3.05) is 41.7 Å². The van der Waals surface area contributed by atoms with E-state index in [1.165, 1.54) is 23.5 Å². The number of nitrogens with zero attached hydrogens (tertiary/aromatic N) is 4. The van der Waals surface area contributed by atoms with Crippen LogP contribution in [0.3, 0.4) is 0 Å². The minimum Gasteiger partial charge on any atom is -0.444 e. The summed E-state index contributed by atoms with van der Waals surface area (Å²) in [6, 6.07) is 30.0. The molecule has 11 nitrogen and oxygen atoms in total. The van der Waals surface area contributed by atoms with E-state index in [9.17, 15) is 23.6 Å². The molecule has 7 rings (SSSR count). The highest BCUT2D eigenvalue weighted by Crippen LogP contribution is 2.31. The van der Waals surface area contributed by atoms with E-state index in [2.05, 4.69) is 20.4 Å². The first-order valence-electron chi connectivity index (χ1n) is 21.3. The van der Waals surface area contributed by atoms with Gasteiger partial charge in [0.25, 0.3) is 0 Å². The zero-order chi connectivity index (χ0) is 42.2. The summed E-state index contributed by atoms with van der Waals surface area (Å²) in [4.78, 5) is 61.7. The second-order valence-electron chi connectivity index (χ2n) is 17.1. The van der Waals surface area contributed by atoms with Crippen molar-refractivity contribution in [3.63, 3.8) is 0 Å². The van der Waals surface area contributed by atoms with Crippen LogP contribution < -0.4 is 15.5 Å². The normalized spacial score (nSPS) is 18.8. The number of hydrogen-bond acceptors (Lipinski definition) is 7. The Labute approximate surface area is 352 Å². The van der Waals surface area contributed by atoms with Crippen LogP contribution in [0.1, 0.15) is 88.4 Å². The van der Waals surface area contributed by atoms with Gasteiger partial charge in [-0.3, -0.25) is 24.2 Å². The number of amides is 4. The van der Waals surface area contributed by atoms with Crippen molar-refractivity contribution in [2.45, 2.75) is 103 Å². The monoisotopic (exact) mass is 816 g/mol. The molecule has 3 saturated heterocycles. The van der Waals surface area contributed by atoms with Crippen LogP contribution in [-0.2, 0) is 32.2 Å². The van der Waals surface area contributed by atoms with Gasteiger partial charge in [-0.05, 0) is 138 Å². The largest absolute Gasteiger partial charge is 0.444 e. The second kappa shape index (κ2) is 19.1. The number of benzene rings is 4. The predicted molar refractivity (Wildman–Crippen MR) is 232 cm³/mol. The first-order chi connectivity index (χ1) is 28.9. The van der Waals surface area contributed by atoms with E-state index in [1.807, 2.05) is 78.9 Å². The lowest BCUT2D eigenvalue weighted by Crippen LogP contribution is -2.49. The molecule has 3 atom stereocenters. The molecule has 3 aliphatic heterocycles. The summed E-state index contributed by atoms with van der Waals surface area (Å²) >= 11 is 0. The van der Waals surface area contributed by atoms with Gasteiger partial charge in [0, 0.05) is 43.2 Å². The molecule has 0 saturated carbocycles. The Morgan fingerprint density at radius 1 is 0.667 bits per heavy atom. The summed E-state index contributed by atoms with van der Waals surface area (Å²) in [7, 11) is 0. The Bertz CT molecular complexity index is 2080. The van der Waals surface area contributed by atoms with Crippen LogP contribution in [-0.4, -0.2) is 82.4 Å². The molecule has 60 heavy (non-hydrogen) atoms. The van der Waals surface area contributed by atoms with E-state index in [0.717, 1.165) is 61.2 Å². The van der Waals surface area contributed by atoms with Gasteiger partial charge in [0.1, 0.15) is 29.5 Å². The maximum absolute atomic E-state index is 14.2. The summed E-state index contributed by atoms with van der Waals surface area (Å²) in [5.41, 5.74) is 4.38. The summed E-state index contributed by atoms with van der Waals surface area (Å²) in [6.07, 6.45) is 5.49. The molecule has 4 aromatic rings. The number of rotatable bonds is 12. The lowest BCUT2D eigenvalue weighted by atomic mass is 10.00. The Morgan fingerprint density at radius 2 is 1.18 bits per heavy atom. The van der Waals surface area contributed by atoms with Crippen molar-refractivity contribution in [3.8, 4) is 0 Å². The number of likely N-dealkylation sites (tertiary alicyclic amines) is 3. The molecular weight excluding hydrogens is 760 g/mol. The summed E-state index contributed by atoms with van der Waals surface area (Å²) in [5.74, 6) is -0.768. The van der Waals surface area contributed by atoms with E-state index in [4.69, 9.17) is 4.74 Å². The van der Waals surface area contributed by atoms with Gasteiger partial charge >= 0.3 is 6.09 Å². The third-order valence-electron chi connectivity index (χ3n) is 11.5. The number of halogens is 1. The molecule has 0 aromatic heterocycles. The molecule has 0 aliphatic carbocycles. The van der Waals surface area contributed by atoms with Crippen LogP contribution in [0.25, 0.3) is 0 Å². The number of hydrogen-bond donors (Lipinski definition) is 2. The molecule has 3 unspecified atom stereocenters. The molecule has 12 heteroatoms. The molecule has 3 heterocycles. The Kier molecular flexibility index (Phi) is 13.5. The molecule has 4 aromatic carbocycles. The standard InChI is InChI=1S/C48H57FN6O5/c1-48(2,3)60-47(59)55-31-11-15-42(55)45(57)51-39-24-18-35(19-25-39)33-53(40-26-20-37(49)21-27-40)32-34-16-22-38(23-17-34)50-44(56)41-14-10-30-54(41)46(58)43(36-12-6-4-7-13-36)52-28-8-5-9-29-52/h4,6-7,12-13,16-27,41-43H,5,8-11,14-15,28-33H2,1-3H3,(H,50,56)(H,51,57). The zero-order valence-electron chi connectivity index (χ0n) is 34.9. The lowest BCUT2D eigenvalue weighted by Gasteiger charge is -2.37. The Hall–Kier alpha value is -5.75. The third-order valence-corrected chi connectivity index (χ3v) is 11.5. The topological polar surface area (TPSA) is 115 Å². The number of ether oxygens (including phenoxy) is 1. The van der Waals surface area contributed by atoms with Gasteiger partial charge in [0.2, 0.25) is 17.7 Å². The van der Waals surface area contributed by atoms with Crippen LogP contribution in [0.4, 0.5) is 26.2 Å². The average Bonchev–Trinajstić information content (AvgIpc) is 3.95. The minimum absolute atomic E-state index is 0.00733. The molecule has 316 valence electrons. The summed E-state index contributed by atoms with van der Waals surface area (Å²) in [6.45, 7) is 9.18. The van der Waals surface area contributed by atoms with E-state index >= 15 is 0 Å². The van der Waals surface area contributed by atoms with Gasteiger partial charge in [0.05, 0.1) is 0 Å². The smallest absolute Gasteiger partial charge is 0.410 e. The van der Waals surface area contributed by atoms with Crippen LogP contribution in [0.15, 0.2) is 103 Å². The van der Waals surface area contributed by atoms with E-state index in [1.54, 1.807) is 37.8 Å². The minimum atomic E-state index is -0.652. The van der Waals surface area contributed by atoms with E-state index in [0.29, 0.717) is 50.4 Å². The van der Waals surface area contributed by atoms with Gasteiger partial charge in [-0.25, -0.2) is 9.18 Å². The second-order valence-corrected chi connectivity index (χ2v) is 17.1. The maximum Gasteiger partial charge on any atom is 0.410 e. The molecule has 0 bridgehead atoms. The molecule has 3 aliphatic rings. The first-order valence-corrected chi connectivity index (χ1v) is 21.3. The van der Waals surface area contributed by atoms with Gasteiger partial charge in [-0.1, -0.05) is 61.0 Å². The highest BCUT2D eigenvalue weighted by atomic mass is 19.1. The Morgan fingerprint density at radius 3 is 1.72 bits per heavy atom. The van der Waals surface area contributed by atoms with Crippen LogP contribution >= 0.6 is 0 Å². The van der Waals surface area contributed by atoms with Gasteiger partial charge < -0.3 is 25.2 Å². The summed E-state index contributed by atoms with van der Waals surface area (Å²) < 4.78 is 19.5. The highest BCUT2D eigenvalue weighted by molar-refractivity contribution is 5.98. The average molecular weight is 817 g/mol. The third kappa shape index (κ3) is 10.7. The molecule has 0 radical (unpaired) electrons. The Balaban J connectivity index is 0.983. The fraction of sp³-hybridized carbons (Fsp3) is 0.417. The fourth-order valence-electron chi connectivity index (χ4n) is 8.53. The van der Waals surface area contributed by atoms with Crippen molar-refractivity contribution in [1.82, 2.24) is 14.7 Å². The lowest BCUT2D eigenvalue weighted by molar-refractivity contribution is -0.142. The fourth-order valence-corrected chi connectivity index (χ4v) is 8.53. The quantitative estimate of drug-likeness (QED) is 0.147. The molecular formula is C48H57FN6O5. The highest BCUT2D eigenvalue weighted by Gasteiger charge is 2.40. The molecule has 0 spiro atoms. The number of anilines is 3. The molecule has 2 N–H and O–H groups in total. The molecule has 3 fully saturated rings. The van der Waals surface area contributed by atoms with Crippen molar-refractivity contribution in [3.05, 3.63) is 126 Å². The van der Waals surface area contributed by atoms with Crippen molar-refractivity contribution in [2.24, 2.45) is 0 Å². The van der Waals surface area contributed by atoms with Gasteiger partial charge in [0.15, 0.2) is 0 Å². The van der Waals surface area contributed by atoms with Crippen molar-refractivity contribution >= 4 is 40.9 Å². The van der Waals surface area contributed by atoms with Crippen LogP contribution in [0.2, 0.25) is 0 Å². The van der Waals surface area contributed by atoms with Crippen LogP contribution in [0, 0.1) is 5.82 Å². The zero-order valence-corrected chi connectivity index (χ0v) is 34.9. The first kappa shape index (κ1) is 42.4. The number of carbonyl (C=O) groups excluding carboxylic acids is 4. The van der Waals surface area contributed by atoms with Crippen LogP contribution in [0.5, 0.6) is 0 Å². The number of nitrogens with one attached hydrogen (secondary N) is 2. The molecule has 4 amide bonds. The van der Waals surface area contributed by atoms with Gasteiger partial charge in [-0.15, -0.1) is 0 Å². The predicted octanol–water partition coefficient (Wildman–Crippen LogP) is 8.53. The van der Waals surface area contributed by atoms with E-state index < -0.39 is 29.8 Å².